The van der Waals surface area contributed by atoms with Crippen LogP contribution < -0.4 is 5.01 Å². The smallest absolute Gasteiger partial charge is 0.282 e. The first-order valence-electron chi connectivity index (χ1n) is 9.96. The van der Waals surface area contributed by atoms with Crippen LogP contribution in [-0.4, -0.2) is 56.6 Å². The second-order valence-electron chi connectivity index (χ2n) is 7.73. The third-order valence-electron chi connectivity index (χ3n) is 5.20. The van der Waals surface area contributed by atoms with Gasteiger partial charge in [0.15, 0.2) is 6.04 Å². The molecule has 1 atom stereocenters. The number of benzene rings is 3. The van der Waals surface area contributed by atoms with Gasteiger partial charge in [-0.2, -0.15) is 45.6 Å². The van der Waals surface area contributed by atoms with E-state index in [1.54, 1.807) is 30.3 Å². The quantitative estimate of drug-likeness (QED) is 0.291. The average Bonchev–Trinajstić information content (AvgIpc) is 3.08. The second kappa shape index (κ2) is 9.05. The largest absolute Gasteiger partial charge is 0.296 e. The van der Waals surface area contributed by atoms with Gasteiger partial charge in [0.05, 0.1) is 16.3 Å². The van der Waals surface area contributed by atoms with Gasteiger partial charge in [-0.3, -0.25) is 18.5 Å². The van der Waals surface area contributed by atoms with E-state index in [0.29, 0.717) is 17.8 Å². The fraction of sp³-hybridized carbons (Fsp3) is 0.100. The highest BCUT2D eigenvalue weighted by Gasteiger charge is 2.35. The van der Waals surface area contributed by atoms with E-state index in [2.05, 4.69) is 15.3 Å². The molecule has 1 amide bonds. The molecule has 14 nitrogen and oxygen atoms in total. The Morgan fingerprint density at radius 3 is 2.03 bits per heavy atom. The Kier molecular flexibility index (Phi) is 6.47. The van der Waals surface area contributed by atoms with Crippen LogP contribution in [0.3, 0.4) is 0 Å². The number of carbonyl (C=O) groups is 1. The monoisotopic (exact) mass is 568 g/mol. The summed E-state index contributed by atoms with van der Waals surface area (Å²) in [6.45, 7) is 1.47. The zero-order valence-corrected chi connectivity index (χ0v) is 20.9. The minimum Gasteiger partial charge on any atom is -0.282 e. The van der Waals surface area contributed by atoms with Gasteiger partial charge in [0.25, 0.3) is 36.3 Å². The van der Waals surface area contributed by atoms with E-state index < -0.39 is 73.4 Å². The number of para-hydroxylation sites is 1. The molecule has 0 radical (unpaired) electrons. The predicted octanol–water partition coefficient (Wildman–Crippen LogP) is 2.45. The summed E-state index contributed by atoms with van der Waals surface area (Å²) in [4.78, 5) is 9.96. The molecule has 1 aliphatic rings. The molecule has 1 aliphatic heterocycles. The van der Waals surface area contributed by atoms with Crippen LogP contribution in [0, 0.1) is 0 Å². The number of anilines is 1. The molecule has 1 heterocycles. The van der Waals surface area contributed by atoms with Gasteiger partial charge in [-0.1, -0.05) is 18.2 Å². The minimum absolute atomic E-state index is 0.197. The van der Waals surface area contributed by atoms with Crippen molar-refractivity contribution < 1.29 is 43.7 Å². The molecule has 3 aromatic carbocycles. The number of fused-ring (bicyclic) bond motifs is 1. The highest BCUT2D eigenvalue weighted by Crippen LogP contribution is 2.35. The Morgan fingerprint density at radius 2 is 1.46 bits per heavy atom. The van der Waals surface area contributed by atoms with Crippen molar-refractivity contribution in [1.29, 1.82) is 0 Å². The molecule has 3 N–H and O–H groups in total. The molecule has 3 aromatic rings. The maximum atomic E-state index is 12.8. The van der Waals surface area contributed by atoms with Crippen molar-refractivity contribution in [2.24, 2.45) is 15.3 Å². The van der Waals surface area contributed by atoms with E-state index >= 15 is 0 Å². The van der Waals surface area contributed by atoms with E-state index in [1.807, 2.05) is 0 Å². The standard InChI is InChI=1S/C20H16N4O10S3/c1-11-19(20(25)24(23-11)13-5-3-2-4-6-13)22-21-16-10-15-12(8-18(16)37(32,33)34)7-14(35(26,27)28)9-17(15)36(29,30)31/h2-10,19H,1H3,(H,26,27,28)(H,29,30,31)(H,32,33,34). The van der Waals surface area contributed by atoms with Crippen molar-refractivity contribution in [3.05, 3.63) is 54.6 Å². The van der Waals surface area contributed by atoms with Crippen LogP contribution in [0.5, 0.6) is 0 Å². The lowest BCUT2D eigenvalue weighted by Crippen LogP contribution is -2.29. The molecule has 0 saturated carbocycles. The molecule has 0 spiro atoms. The van der Waals surface area contributed by atoms with Crippen molar-refractivity contribution in [1.82, 2.24) is 0 Å². The van der Waals surface area contributed by atoms with Gasteiger partial charge in [-0.25, -0.2) is 0 Å². The molecule has 37 heavy (non-hydrogen) atoms. The summed E-state index contributed by atoms with van der Waals surface area (Å²) in [5.41, 5.74) is 0.00259. The summed E-state index contributed by atoms with van der Waals surface area (Å²) in [6, 6.07) is 9.70. The molecular formula is C20H16N4O10S3. The first kappa shape index (κ1) is 26.5. The number of rotatable bonds is 6. The maximum absolute atomic E-state index is 12.8. The van der Waals surface area contributed by atoms with Crippen molar-refractivity contribution in [3.63, 3.8) is 0 Å². The predicted molar refractivity (Wildman–Crippen MR) is 129 cm³/mol. The van der Waals surface area contributed by atoms with E-state index in [4.69, 9.17) is 0 Å². The maximum Gasteiger partial charge on any atom is 0.296 e. The van der Waals surface area contributed by atoms with Crippen molar-refractivity contribution in [2.45, 2.75) is 27.7 Å². The lowest BCUT2D eigenvalue weighted by Gasteiger charge is -2.12. The van der Waals surface area contributed by atoms with Gasteiger partial charge in [-0.15, -0.1) is 0 Å². The Bertz CT molecular complexity index is 1840. The van der Waals surface area contributed by atoms with Crippen molar-refractivity contribution in [3.8, 4) is 0 Å². The minimum atomic E-state index is -5.10. The third-order valence-corrected chi connectivity index (χ3v) is 7.81. The van der Waals surface area contributed by atoms with Crippen LogP contribution in [-0.2, 0) is 35.1 Å². The van der Waals surface area contributed by atoms with E-state index in [0.717, 1.165) is 17.1 Å². The normalized spacial score (nSPS) is 17.1. The molecule has 1 unspecified atom stereocenters. The first-order valence-corrected chi connectivity index (χ1v) is 14.3. The van der Waals surface area contributed by atoms with Crippen LogP contribution >= 0.6 is 0 Å². The SMILES string of the molecule is CC1=NN(c2ccccc2)C(=O)C1N=Nc1cc2c(S(=O)(=O)O)cc(S(=O)(=O)O)cc2cc1S(=O)(=O)O. The molecule has 0 aromatic heterocycles. The molecule has 17 heteroatoms. The van der Waals surface area contributed by atoms with E-state index in [-0.39, 0.29) is 5.71 Å². The lowest BCUT2D eigenvalue weighted by atomic mass is 10.1. The van der Waals surface area contributed by atoms with Crippen LogP contribution in [0.4, 0.5) is 11.4 Å². The van der Waals surface area contributed by atoms with Crippen LogP contribution in [0.2, 0.25) is 0 Å². The molecule has 0 saturated heterocycles. The molecular weight excluding hydrogens is 552 g/mol. The summed E-state index contributed by atoms with van der Waals surface area (Å²) < 4.78 is 99.8. The number of hydrogen-bond acceptors (Lipinski definition) is 10. The topological polar surface area (TPSA) is 220 Å². The van der Waals surface area contributed by atoms with Crippen LogP contribution in [0.1, 0.15) is 6.92 Å². The average molecular weight is 569 g/mol. The summed E-state index contributed by atoms with van der Waals surface area (Å²) in [7, 11) is -15.1. The highest BCUT2D eigenvalue weighted by molar-refractivity contribution is 7.87. The second-order valence-corrected chi connectivity index (χ2v) is 11.9. The van der Waals surface area contributed by atoms with Gasteiger partial charge >= 0.3 is 0 Å². The van der Waals surface area contributed by atoms with Gasteiger partial charge in [0.1, 0.15) is 15.5 Å². The number of amides is 1. The van der Waals surface area contributed by atoms with E-state index in [1.165, 1.54) is 6.92 Å². The van der Waals surface area contributed by atoms with Gasteiger partial charge in [-0.05, 0) is 48.7 Å². The Labute approximate surface area is 210 Å². The number of carbonyl (C=O) groups excluding carboxylic acids is 1. The summed E-state index contributed by atoms with van der Waals surface area (Å²) in [6.07, 6.45) is 0. The van der Waals surface area contributed by atoms with Gasteiger partial charge < -0.3 is 0 Å². The van der Waals surface area contributed by atoms with Crippen LogP contribution in [0.15, 0.2) is 84.6 Å². The highest BCUT2D eigenvalue weighted by atomic mass is 32.2. The molecule has 194 valence electrons. The Balaban J connectivity index is 1.89. The number of hydrazone groups is 1. The number of nitrogens with zero attached hydrogens (tertiary/aromatic N) is 4. The van der Waals surface area contributed by atoms with Gasteiger partial charge in [0.2, 0.25) is 0 Å². The summed E-state index contributed by atoms with van der Waals surface area (Å²) in [5.74, 6) is -0.627. The number of hydrogen-bond donors (Lipinski definition) is 3. The summed E-state index contributed by atoms with van der Waals surface area (Å²) >= 11 is 0. The van der Waals surface area contributed by atoms with Crippen LogP contribution in [0.25, 0.3) is 10.8 Å². The molecule has 4 rings (SSSR count). The molecule has 0 fully saturated rings. The zero-order chi connectivity index (χ0) is 27.3. The fourth-order valence-electron chi connectivity index (χ4n) is 3.53. The summed E-state index contributed by atoms with van der Waals surface area (Å²) in [5, 5.41) is 12.0. The van der Waals surface area contributed by atoms with Gasteiger partial charge in [0, 0.05) is 5.39 Å². The Hall–Kier alpha value is -3.61. The fourth-order valence-corrected chi connectivity index (χ4v) is 5.52. The first-order chi connectivity index (χ1) is 17.1. The molecule has 0 bridgehead atoms. The Morgan fingerprint density at radius 1 is 0.838 bits per heavy atom. The van der Waals surface area contributed by atoms with Crippen molar-refractivity contribution >= 4 is 64.1 Å². The van der Waals surface area contributed by atoms with Crippen molar-refractivity contribution in [2.75, 3.05) is 5.01 Å². The third kappa shape index (κ3) is 5.26. The zero-order valence-electron chi connectivity index (χ0n) is 18.5. The number of azo groups is 1. The molecule has 0 aliphatic carbocycles. The lowest BCUT2D eigenvalue weighted by molar-refractivity contribution is -0.117. The van der Waals surface area contributed by atoms with E-state index in [9.17, 15) is 43.7 Å².